The van der Waals surface area contributed by atoms with Crippen molar-refractivity contribution in [3.8, 4) is 0 Å². The van der Waals surface area contributed by atoms with Gasteiger partial charge in [0.2, 0.25) is 17.7 Å². The van der Waals surface area contributed by atoms with Crippen LogP contribution in [-0.2, 0) is 14.4 Å². The van der Waals surface area contributed by atoms with Gasteiger partial charge in [-0.25, -0.2) is 0 Å². The summed E-state index contributed by atoms with van der Waals surface area (Å²) in [5, 5.41) is 5.56. The number of hydrogen-bond donors (Lipinski definition) is 2. The molecule has 0 fully saturated rings. The van der Waals surface area contributed by atoms with Crippen LogP contribution in [0.3, 0.4) is 0 Å². The molecule has 0 unspecified atom stereocenters. The van der Waals surface area contributed by atoms with Gasteiger partial charge >= 0.3 is 0 Å². The lowest BCUT2D eigenvalue weighted by molar-refractivity contribution is -0.134. The zero-order valence-corrected chi connectivity index (χ0v) is 17.4. The highest BCUT2D eigenvalue weighted by atomic mass is 16.2. The Hall–Kier alpha value is -3.19. The van der Waals surface area contributed by atoms with Gasteiger partial charge in [0.15, 0.2) is 0 Å². The van der Waals surface area contributed by atoms with Crippen molar-refractivity contribution < 1.29 is 14.4 Å². The number of anilines is 2. The van der Waals surface area contributed by atoms with Crippen LogP contribution in [0.15, 0.2) is 48.5 Å². The highest BCUT2D eigenvalue weighted by Crippen LogP contribution is 2.09. The molecular weight excluding hydrogens is 368 g/mol. The van der Waals surface area contributed by atoms with Crippen molar-refractivity contribution in [2.75, 3.05) is 44.4 Å². The summed E-state index contributed by atoms with van der Waals surface area (Å²) in [4.78, 5) is 39.5. The van der Waals surface area contributed by atoms with Gasteiger partial charge < -0.3 is 15.5 Å². The average molecular weight is 396 g/mol. The molecule has 0 radical (unpaired) electrons. The molecule has 7 nitrogen and oxygen atoms in total. The third-order valence-corrected chi connectivity index (χ3v) is 4.30. The summed E-state index contributed by atoms with van der Waals surface area (Å²) in [5.74, 6) is -0.719. The molecule has 0 aliphatic heterocycles. The molecule has 29 heavy (non-hydrogen) atoms. The molecule has 0 aromatic heterocycles. The fraction of sp³-hybridized carbons (Fsp3) is 0.318. The molecule has 154 valence electrons. The molecule has 0 aliphatic carbocycles. The van der Waals surface area contributed by atoms with Gasteiger partial charge in [-0.3, -0.25) is 19.3 Å². The lowest BCUT2D eigenvalue weighted by Crippen LogP contribution is -2.42. The molecule has 3 amide bonds. The fourth-order valence-corrected chi connectivity index (χ4v) is 2.63. The SMILES string of the molecule is Cc1ccc(NC(=O)CN(C)CC(=O)N(C)CC(=O)Nc2ccc(C)cc2)cc1. The van der Waals surface area contributed by atoms with E-state index in [1.54, 1.807) is 19.0 Å². The Bertz CT molecular complexity index is 847. The van der Waals surface area contributed by atoms with Gasteiger partial charge in [-0.05, 0) is 45.2 Å². The van der Waals surface area contributed by atoms with Crippen LogP contribution in [0.1, 0.15) is 11.1 Å². The van der Waals surface area contributed by atoms with Gasteiger partial charge in [0.1, 0.15) is 0 Å². The highest BCUT2D eigenvalue weighted by Gasteiger charge is 2.16. The molecule has 0 bridgehead atoms. The molecule has 2 rings (SSSR count). The topological polar surface area (TPSA) is 81.8 Å². The van der Waals surface area contributed by atoms with Gasteiger partial charge in [-0.1, -0.05) is 35.4 Å². The zero-order chi connectivity index (χ0) is 21.4. The first-order valence-electron chi connectivity index (χ1n) is 9.38. The van der Waals surface area contributed by atoms with Crippen molar-refractivity contribution in [2.24, 2.45) is 0 Å². The van der Waals surface area contributed by atoms with Gasteiger partial charge in [-0.2, -0.15) is 0 Å². The van der Waals surface area contributed by atoms with Crippen LogP contribution in [-0.4, -0.2) is 61.3 Å². The number of hydrogen-bond acceptors (Lipinski definition) is 4. The van der Waals surface area contributed by atoms with Crippen LogP contribution < -0.4 is 10.6 Å². The lowest BCUT2D eigenvalue weighted by atomic mass is 10.2. The van der Waals surface area contributed by atoms with E-state index in [0.717, 1.165) is 11.1 Å². The van der Waals surface area contributed by atoms with Crippen molar-refractivity contribution in [3.05, 3.63) is 59.7 Å². The van der Waals surface area contributed by atoms with E-state index in [1.165, 1.54) is 4.90 Å². The number of nitrogens with one attached hydrogen (secondary N) is 2. The van der Waals surface area contributed by atoms with E-state index in [1.807, 2.05) is 62.4 Å². The summed E-state index contributed by atoms with van der Waals surface area (Å²) in [6.45, 7) is 3.99. The first-order valence-corrected chi connectivity index (χ1v) is 9.38. The van der Waals surface area contributed by atoms with Gasteiger partial charge in [0, 0.05) is 18.4 Å². The first kappa shape index (κ1) is 22.1. The Labute approximate surface area is 171 Å². The van der Waals surface area contributed by atoms with Crippen LogP contribution in [0.4, 0.5) is 11.4 Å². The highest BCUT2D eigenvalue weighted by molar-refractivity contribution is 5.95. The number of carbonyl (C=O) groups excluding carboxylic acids is 3. The smallest absolute Gasteiger partial charge is 0.243 e. The maximum Gasteiger partial charge on any atom is 0.243 e. The van der Waals surface area contributed by atoms with Crippen LogP contribution in [0.25, 0.3) is 0 Å². The summed E-state index contributed by atoms with van der Waals surface area (Å²) >= 11 is 0. The standard InChI is InChI=1S/C22H28N4O3/c1-16-5-9-18(10-6-16)23-20(27)13-25(3)15-22(29)26(4)14-21(28)24-19-11-7-17(2)8-12-19/h5-12H,13-15H2,1-4H3,(H,23,27)(H,24,28). The van der Waals surface area contributed by atoms with Crippen LogP contribution in [0, 0.1) is 13.8 Å². The van der Waals surface area contributed by atoms with Gasteiger partial charge in [-0.15, -0.1) is 0 Å². The molecular formula is C22H28N4O3. The normalized spacial score (nSPS) is 10.5. The Morgan fingerprint density at radius 3 is 1.55 bits per heavy atom. The predicted octanol–water partition coefficient (Wildman–Crippen LogP) is 2.27. The molecule has 0 saturated carbocycles. The van der Waals surface area contributed by atoms with E-state index in [4.69, 9.17) is 0 Å². The maximum absolute atomic E-state index is 12.3. The number of amides is 3. The Morgan fingerprint density at radius 2 is 1.10 bits per heavy atom. The first-order chi connectivity index (χ1) is 13.7. The number of nitrogens with zero attached hydrogens (tertiary/aromatic N) is 2. The molecule has 0 saturated heterocycles. The van der Waals surface area contributed by atoms with Gasteiger partial charge in [0.05, 0.1) is 19.6 Å². The van der Waals surface area contributed by atoms with E-state index >= 15 is 0 Å². The summed E-state index contributed by atoms with van der Waals surface area (Å²) < 4.78 is 0. The molecule has 2 N–H and O–H groups in total. The molecule has 0 aliphatic rings. The minimum atomic E-state index is -0.274. The second-order valence-corrected chi connectivity index (χ2v) is 7.25. The summed E-state index contributed by atoms with van der Waals surface area (Å²) in [6, 6.07) is 14.9. The molecule has 0 heterocycles. The van der Waals surface area contributed by atoms with Crippen molar-refractivity contribution >= 4 is 29.1 Å². The van der Waals surface area contributed by atoms with E-state index in [-0.39, 0.29) is 37.4 Å². The van der Waals surface area contributed by atoms with Crippen LogP contribution in [0.2, 0.25) is 0 Å². The summed E-state index contributed by atoms with van der Waals surface area (Å²) in [5.41, 5.74) is 3.61. The average Bonchev–Trinajstić information content (AvgIpc) is 2.65. The molecule has 2 aromatic rings. The molecule has 7 heteroatoms. The van der Waals surface area contributed by atoms with Crippen molar-refractivity contribution in [3.63, 3.8) is 0 Å². The summed E-state index contributed by atoms with van der Waals surface area (Å²) in [7, 11) is 3.25. The van der Waals surface area contributed by atoms with Crippen LogP contribution in [0.5, 0.6) is 0 Å². The van der Waals surface area contributed by atoms with E-state index in [9.17, 15) is 14.4 Å². The van der Waals surface area contributed by atoms with Crippen molar-refractivity contribution in [1.29, 1.82) is 0 Å². The van der Waals surface area contributed by atoms with E-state index in [0.29, 0.717) is 11.4 Å². The predicted molar refractivity (Wildman–Crippen MR) is 115 cm³/mol. The zero-order valence-electron chi connectivity index (χ0n) is 17.4. The maximum atomic E-state index is 12.3. The number of likely N-dealkylation sites (N-methyl/N-ethyl adjacent to an activating group) is 2. The van der Waals surface area contributed by atoms with Crippen LogP contribution >= 0.6 is 0 Å². The minimum Gasteiger partial charge on any atom is -0.335 e. The number of carbonyl (C=O) groups is 3. The largest absolute Gasteiger partial charge is 0.335 e. The fourth-order valence-electron chi connectivity index (χ4n) is 2.63. The second-order valence-electron chi connectivity index (χ2n) is 7.25. The van der Waals surface area contributed by atoms with E-state index in [2.05, 4.69) is 10.6 Å². The van der Waals surface area contributed by atoms with E-state index < -0.39 is 0 Å². The van der Waals surface area contributed by atoms with Gasteiger partial charge in [0.25, 0.3) is 0 Å². The number of aryl methyl sites for hydroxylation is 2. The monoisotopic (exact) mass is 396 g/mol. The summed E-state index contributed by atoms with van der Waals surface area (Å²) in [6.07, 6.45) is 0. The third kappa shape index (κ3) is 7.75. The van der Waals surface area contributed by atoms with Crippen molar-refractivity contribution in [1.82, 2.24) is 9.80 Å². The Morgan fingerprint density at radius 1 is 0.690 bits per heavy atom. The van der Waals surface area contributed by atoms with Crippen molar-refractivity contribution in [2.45, 2.75) is 13.8 Å². The Balaban J connectivity index is 1.75. The molecule has 0 atom stereocenters. The number of benzene rings is 2. The minimum absolute atomic E-state index is 0.0373. The molecule has 2 aromatic carbocycles. The lowest BCUT2D eigenvalue weighted by Gasteiger charge is -2.21. The number of rotatable bonds is 8. The third-order valence-electron chi connectivity index (χ3n) is 4.30. The Kier molecular flexibility index (Phi) is 7.91. The quantitative estimate of drug-likeness (QED) is 0.717. The second kappa shape index (κ2) is 10.4. The molecule has 0 spiro atoms.